The summed E-state index contributed by atoms with van der Waals surface area (Å²) in [4.78, 5) is 32.0. The number of carbonyl (C=O) groups is 1. The van der Waals surface area contributed by atoms with Crippen LogP contribution >= 0.6 is 12.2 Å². The minimum Gasteiger partial charge on any atom is -0.497 e. The zero-order valence-electron chi connectivity index (χ0n) is 20.0. The van der Waals surface area contributed by atoms with Gasteiger partial charge in [-0.2, -0.15) is 0 Å². The van der Waals surface area contributed by atoms with Gasteiger partial charge >= 0.3 is 0 Å². The molecular formula is C28H27N3O3S. The first-order valence-electron chi connectivity index (χ1n) is 11.7. The first-order chi connectivity index (χ1) is 16.9. The normalized spacial score (nSPS) is 13.1. The van der Waals surface area contributed by atoms with Crippen molar-refractivity contribution in [3.8, 4) is 11.4 Å². The number of amides is 1. The summed E-state index contributed by atoms with van der Waals surface area (Å²) in [5.74, 6) is 0.734. The van der Waals surface area contributed by atoms with Gasteiger partial charge in [-0.1, -0.05) is 24.3 Å². The van der Waals surface area contributed by atoms with Crippen LogP contribution in [0.5, 0.6) is 5.75 Å². The summed E-state index contributed by atoms with van der Waals surface area (Å²) < 4.78 is 7.07. The minimum absolute atomic E-state index is 0.0526. The van der Waals surface area contributed by atoms with Crippen LogP contribution in [0.2, 0.25) is 0 Å². The number of nitrogens with zero attached hydrogens (tertiary/aromatic N) is 2. The lowest BCUT2D eigenvalue weighted by Crippen LogP contribution is -2.32. The highest BCUT2D eigenvalue weighted by molar-refractivity contribution is 7.71. The number of carbonyl (C=O) groups excluding carboxylic acids is 1. The summed E-state index contributed by atoms with van der Waals surface area (Å²) >= 11 is 5.57. The molecule has 0 saturated heterocycles. The minimum atomic E-state index is -0.200. The number of H-pyrrole nitrogens is 1. The van der Waals surface area contributed by atoms with Crippen LogP contribution in [0, 0.1) is 18.6 Å². The number of rotatable bonds is 6. The van der Waals surface area contributed by atoms with Gasteiger partial charge in [-0.05, 0) is 92.0 Å². The lowest BCUT2D eigenvalue weighted by molar-refractivity contribution is 0.0730. The van der Waals surface area contributed by atoms with Gasteiger partial charge in [0.2, 0.25) is 0 Å². The molecule has 178 valence electrons. The topological polar surface area (TPSA) is 67.3 Å². The van der Waals surface area contributed by atoms with Gasteiger partial charge in [-0.15, -0.1) is 0 Å². The predicted molar refractivity (Wildman–Crippen MR) is 140 cm³/mol. The summed E-state index contributed by atoms with van der Waals surface area (Å²) in [7, 11) is 1.64. The Morgan fingerprint density at radius 2 is 1.86 bits per heavy atom. The van der Waals surface area contributed by atoms with Crippen molar-refractivity contribution >= 4 is 29.0 Å². The molecule has 0 atom stereocenters. The molecule has 0 bridgehead atoms. The number of aryl methyl sites for hydroxylation is 1. The van der Waals surface area contributed by atoms with E-state index in [4.69, 9.17) is 17.0 Å². The Morgan fingerprint density at radius 3 is 2.54 bits per heavy atom. The van der Waals surface area contributed by atoms with Crippen LogP contribution in [0.4, 0.5) is 0 Å². The van der Waals surface area contributed by atoms with Crippen LogP contribution in [-0.4, -0.2) is 33.5 Å². The second-order valence-electron chi connectivity index (χ2n) is 9.06. The zero-order chi connectivity index (χ0) is 24.7. The van der Waals surface area contributed by atoms with Crippen LogP contribution in [0.15, 0.2) is 65.5 Å². The molecule has 0 aliphatic heterocycles. The molecule has 1 aliphatic carbocycles. The molecule has 1 N–H and O–H groups in total. The summed E-state index contributed by atoms with van der Waals surface area (Å²) in [6.45, 7) is 4.51. The van der Waals surface area contributed by atoms with E-state index in [0.717, 1.165) is 41.0 Å². The van der Waals surface area contributed by atoms with Crippen molar-refractivity contribution in [1.29, 1.82) is 0 Å². The molecule has 7 heteroatoms. The second-order valence-corrected chi connectivity index (χ2v) is 9.45. The summed E-state index contributed by atoms with van der Waals surface area (Å²) in [5.41, 5.74) is 4.79. The number of ether oxygens (including phenoxy) is 1. The monoisotopic (exact) mass is 485 g/mol. The van der Waals surface area contributed by atoms with Crippen LogP contribution < -0.4 is 10.3 Å². The lowest BCUT2D eigenvalue weighted by Gasteiger charge is -2.23. The lowest BCUT2D eigenvalue weighted by atomic mass is 10.1. The van der Waals surface area contributed by atoms with Crippen molar-refractivity contribution in [1.82, 2.24) is 14.5 Å². The Hall–Kier alpha value is -3.71. The third-order valence-electron chi connectivity index (χ3n) is 6.72. The molecule has 1 amide bonds. The molecule has 1 aliphatic rings. The van der Waals surface area contributed by atoms with Crippen LogP contribution in [-0.2, 0) is 6.54 Å². The first-order valence-corrected chi connectivity index (χ1v) is 12.1. The summed E-state index contributed by atoms with van der Waals surface area (Å²) in [6.07, 6.45) is 2.00. The van der Waals surface area contributed by atoms with E-state index >= 15 is 0 Å². The fourth-order valence-electron chi connectivity index (χ4n) is 4.39. The van der Waals surface area contributed by atoms with Crippen molar-refractivity contribution < 1.29 is 9.53 Å². The molecule has 1 aromatic heterocycles. The van der Waals surface area contributed by atoms with E-state index in [1.54, 1.807) is 25.3 Å². The van der Waals surface area contributed by atoms with Crippen LogP contribution in [0.25, 0.3) is 16.6 Å². The smallest absolute Gasteiger partial charge is 0.266 e. The molecule has 1 heterocycles. The number of methoxy groups -OCH3 is 1. The van der Waals surface area contributed by atoms with Gasteiger partial charge < -0.3 is 14.6 Å². The number of hydrogen-bond acceptors (Lipinski definition) is 4. The molecule has 35 heavy (non-hydrogen) atoms. The Balaban J connectivity index is 1.51. The number of benzene rings is 3. The maximum Gasteiger partial charge on any atom is 0.266 e. The largest absolute Gasteiger partial charge is 0.497 e. The second kappa shape index (κ2) is 9.15. The van der Waals surface area contributed by atoms with E-state index in [9.17, 15) is 9.59 Å². The highest BCUT2D eigenvalue weighted by Gasteiger charge is 2.33. The van der Waals surface area contributed by atoms with E-state index in [1.165, 1.54) is 4.57 Å². The standard InChI is InChI=1S/C28H27N3O3S/c1-17-5-4-6-25(18(17)2)31-27(33)23-14-9-20(15-24(23)29-28(31)35)26(32)30(21-10-11-21)16-19-7-12-22(34-3)13-8-19/h4-9,12-15,21H,10-11,16H2,1-3H3,(H,29,35). The van der Waals surface area contributed by atoms with E-state index in [-0.39, 0.29) is 17.5 Å². The van der Waals surface area contributed by atoms with Gasteiger partial charge in [0.25, 0.3) is 11.5 Å². The zero-order valence-corrected chi connectivity index (χ0v) is 20.8. The van der Waals surface area contributed by atoms with Gasteiger partial charge in [-0.3, -0.25) is 14.2 Å². The number of aromatic amines is 1. The summed E-state index contributed by atoms with van der Waals surface area (Å²) in [6, 6.07) is 19.0. The van der Waals surface area contributed by atoms with E-state index < -0.39 is 0 Å². The molecule has 0 unspecified atom stereocenters. The Kier molecular flexibility index (Phi) is 6.03. The third-order valence-corrected chi connectivity index (χ3v) is 7.01. The highest BCUT2D eigenvalue weighted by atomic mass is 32.1. The Labute approximate surface area is 208 Å². The van der Waals surface area contributed by atoms with Crippen LogP contribution in [0.3, 0.4) is 0 Å². The van der Waals surface area contributed by atoms with E-state index in [2.05, 4.69) is 4.98 Å². The molecule has 1 saturated carbocycles. The summed E-state index contributed by atoms with van der Waals surface area (Å²) in [5, 5.41) is 0.490. The Bertz CT molecular complexity index is 1550. The van der Waals surface area contributed by atoms with Gasteiger partial charge in [0.1, 0.15) is 5.75 Å². The van der Waals surface area contributed by atoms with E-state index in [1.807, 2.05) is 61.2 Å². The number of nitrogens with one attached hydrogen (secondary N) is 1. The van der Waals surface area contributed by atoms with Gasteiger partial charge in [-0.25, -0.2) is 0 Å². The molecular weight excluding hydrogens is 458 g/mol. The van der Waals surface area contributed by atoms with Gasteiger partial charge in [0, 0.05) is 18.2 Å². The fourth-order valence-corrected chi connectivity index (χ4v) is 4.69. The molecule has 6 nitrogen and oxygen atoms in total. The molecule has 5 rings (SSSR count). The molecule has 0 spiro atoms. The quantitative estimate of drug-likeness (QED) is 0.367. The maximum atomic E-state index is 13.5. The van der Waals surface area contributed by atoms with Crippen molar-refractivity contribution in [2.45, 2.75) is 39.3 Å². The number of aromatic nitrogens is 2. The van der Waals surface area contributed by atoms with Crippen LogP contribution in [0.1, 0.15) is 39.9 Å². The highest BCUT2D eigenvalue weighted by Crippen LogP contribution is 2.30. The van der Waals surface area contributed by atoms with Gasteiger partial charge in [0.05, 0.1) is 23.7 Å². The molecule has 0 radical (unpaired) electrons. The molecule has 1 fully saturated rings. The predicted octanol–water partition coefficient (Wildman–Crippen LogP) is 5.48. The SMILES string of the molecule is COc1ccc(CN(C(=O)c2ccc3c(=O)n(-c4cccc(C)c4C)c(=S)[nH]c3c2)C2CC2)cc1. The number of fused-ring (bicyclic) bond motifs is 1. The van der Waals surface area contributed by atoms with Crippen molar-refractivity contribution in [3.05, 3.63) is 98.0 Å². The maximum absolute atomic E-state index is 13.5. The average Bonchev–Trinajstić information content (AvgIpc) is 3.70. The van der Waals surface area contributed by atoms with Crippen molar-refractivity contribution in [2.75, 3.05) is 7.11 Å². The van der Waals surface area contributed by atoms with Crippen molar-refractivity contribution in [3.63, 3.8) is 0 Å². The van der Waals surface area contributed by atoms with Gasteiger partial charge in [0.15, 0.2) is 4.77 Å². The Morgan fingerprint density at radius 1 is 1.11 bits per heavy atom. The first kappa shape index (κ1) is 23.1. The van der Waals surface area contributed by atoms with E-state index in [0.29, 0.717) is 27.8 Å². The fraction of sp³-hybridized carbons (Fsp3) is 0.250. The van der Waals surface area contributed by atoms with Crippen molar-refractivity contribution in [2.24, 2.45) is 0 Å². The number of hydrogen-bond donors (Lipinski definition) is 1. The molecule has 3 aromatic carbocycles. The third kappa shape index (κ3) is 4.39. The average molecular weight is 486 g/mol. The molecule has 4 aromatic rings.